The van der Waals surface area contributed by atoms with Crippen molar-refractivity contribution < 1.29 is 4.74 Å². The summed E-state index contributed by atoms with van der Waals surface area (Å²) in [6.45, 7) is 2.08. The molecular formula is C11H11NO. The smallest absolute Gasteiger partial charge is 0.121 e. The van der Waals surface area contributed by atoms with Gasteiger partial charge in [-0.25, -0.2) is 0 Å². The molecule has 1 aromatic carbocycles. The summed E-state index contributed by atoms with van der Waals surface area (Å²) in [7, 11) is 1.66. The molecule has 0 amide bonds. The Bertz CT molecular complexity index is 437. The van der Waals surface area contributed by atoms with Crippen molar-refractivity contribution in [3.8, 4) is 5.75 Å². The number of methoxy groups -OCH3 is 1. The number of nitrogens with zero attached hydrogens (tertiary/aromatic N) is 1. The van der Waals surface area contributed by atoms with Crippen molar-refractivity contribution in [3.05, 3.63) is 36.0 Å². The molecule has 0 aliphatic heterocycles. The fourth-order valence-electron chi connectivity index (χ4n) is 1.40. The SMILES string of the molecule is COc1ccc2c(C)ccnc2c1. The molecule has 2 aromatic rings. The highest BCUT2D eigenvalue weighted by atomic mass is 16.5. The Balaban J connectivity index is 2.72. The van der Waals surface area contributed by atoms with Crippen LogP contribution in [-0.4, -0.2) is 12.1 Å². The van der Waals surface area contributed by atoms with Crippen LogP contribution in [0.2, 0.25) is 0 Å². The molecule has 1 heterocycles. The number of aryl methyl sites for hydroxylation is 1. The van der Waals surface area contributed by atoms with Crippen molar-refractivity contribution in [1.82, 2.24) is 4.98 Å². The highest BCUT2D eigenvalue weighted by Crippen LogP contribution is 2.20. The molecule has 0 unspecified atom stereocenters. The van der Waals surface area contributed by atoms with Gasteiger partial charge in [-0.05, 0) is 30.7 Å². The Hall–Kier alpha value is -1.57. The van der Waals surface area contributed by atoms with Gasteiger partial charge < -0.3 is 4.74 Å². The Kier molecular flexibility index (Phi) is 1.89. The van der Waals surface area contributed by atoms with Crippen LogP contribution in [0.4, 0.5) is 0 Å². The van der Waals surface area contributed by atoms with Gasteiger partial charge >= 0.3 is 0 Å². The van der Waals surface area contributed by atoms with Gasteiger partial charge in [-0.15, -0.1) is 0 Å². The van der Waals surface area contributed by atoms with E-state index in [2.05, 4.69) is 11.9 Å². The van der Waals surface area contributed by atoms with Crippen LogP contribution in [0.25, 0.3) is 10.9 Å². The number of hydrogen-bond acceptors (Lipinski definition) is 2. The first kappa shape index (κ1) is 8.05. The molecule has 13 heavy (non-hydrogen) atoms. The van der Waals surface area contributed by atoms with E-state index in [0.717, 1.165) is 11.3 Å². The van der Waals surface area contributed by atoms with Crippen LogP contribution < -0.4 is 4.74 Å². The molecule has 0 aliphatic carbocycles. The van der Waals surface area contributed by atoms with Gasteiger partial charge in [0.15, 0.2) is 0 Å². The van der Waals surface area contributed by atoms with Crippen LogP contribution in [-0.2, 0) is 0 Å². The van der Waals surface area contributed by atoms with Crippen LogP contribution in [0.1, 0.15) is 5.56 Å². The molecule has 0 spiro atoms. The van der Waals surface area contributed by atoms with Gasteiger partial charge in [0, 0.05) is 17.6 Å². The number of rotatable bonds is 1. The lowest BCUT2D eigenvalue weighted by Crippen LogP contribution is -1.85. The summed E-state index contributed by atoms with van der Waals surface area (Å²) in [5.41, 5.74) is 2.23. The van der Waals surface area contributed by atoms with Crippen LogP contribution in [0.15, 0.2) is 30.5 Å². The Morgan fingerprint density at radius 2 is 2.08 bits per heavy atom. The average molecular weight is 173 g/mol. The lowest BCUT2D eigenvalue weighted by Gasteiger charge is -2.03. The molecule has 0 bridgehead atoms. The minimum atomic E-state index is 0.852. The second-order valence-corrected chi connectivity index (χ2v) is 3.01. The van der Waals surface area contributed by atoms with E-state index in [-0.39, 0.29) is 0 Å². The molecule has 2 rings (SSSR count). The van der Waals surface area contributed by atoms with Gasteiger partial charge in [0.25, 0.3) is 0 Å². The third-order valence-electron chi connectivity index (χ3n) is 2.17. The molecule has 66 valence electrons. The summed E-state index contributed by atoms with van der Waals surface area (Å²) >= 11 is 0. The summed E-state index contributed by atoms with van der Waals surface area (Å²) in [6.07, 6.45) is 1.82. The predicted molar refractivity (Wildman–Crippen MR) is 53.0 cm³/mol. The van der Waals surface area contributed by atoms with Gasteiger partial charge in [0.1, 0.15) is 5.75 Å². The van der Waals surface area contributed by atoms with Gasteiger partial charge in [0.05, 0.1) is 12.6 Å². The Morgan fingerprint density at radius 3 is 2.85 bits per heavy atom. The Labute approximate surface area is 77.2 Å². The quantitative estimate of drug-likeness (QED) is 0.661. The minimum absolute atomic E-state index is 0.852. The van der Waals surface area contributed by atoms with E-state index in [4.69, 9.17) is 4.74 Å². The summed E-state index contributed by atoms with van der Waals surface area (Å²) < 4.78 is 5.12. The summed E-state index contributed by atoms with van der Waals surface area (Å²) in [4.78, 5) is 4.27. The maximum Gasteiger partial charge on any atom is 0.121 e. The molecule has 0 N–H and O–H groups in total. The molecule has 2 heteroatoms. The van der Waals surface area contributed by atoms with E-state index in [0.29, 0.717) is 0 Å². The standard InChI is InChI=1S/C11H11NO/c1-8-5-6-12-11-7-9(13-2)3-4-10(8)11/h3-7H,1-2H3. The number of fused-ring (bicyclic) bond motifs is 1. The van der Waals surface area contributed by atoms with E-state index >= 15 is 0 Å². The first-order valence-corrected chi connectivity index (χ1v) is 4.20. The van der Waals surface area contributed by atoms with Gasteiger partial charge in [-0.3, -0.25) is 4.98 Å². The molecule has 0 radical (unpaired) electrons. The second kappa shape index (κ2) is 3.05. The maximum atomic E-state index is 5.12. The number of pyridine rings is 1. The largest absolute Gasteiger partial charge is 0.497 e. The van der Waals surface area contributed by atoms with E-state index in [1.165, 1.54) is 10.9 Å². The van der Waals surface area contributed by atoms with Crippen molar-refractivity contribution >= 4 is 10.9 Å². The molecular weight excluding hydrogens is 162 g/mol. The molecule has 0 fully saturated rings. The molecule has 0 saturated carbocycles. The van der Waals surface area contributed by atoms with Crippen molar-refractivity contribution in [2.75, 3.05) is 7.11 Å². The van der Waals surface area contributed by atoms with Crippen LogP contribution in [0.3, 0.4) is 0 Å². The van der Waals surface area contributed by atoms with E-state index < -0.39 is 0 Å². The number of aromatic nitrogens is 1. The normalized spacial score (nSPS) is 10.3. The number of benzene rings is 1. The molecule has 0 saturated heterocycles. The summed E-state index contributed by atoms with van der Waals surface area (Å²) in [6, 6.07) is 7.95. The predicted octanol–water partition coefficient (Wildman–Crippen LogP) is 2.55. The first-order valence-electron chi connectivity index (χ1n) is 4.20. The fraction of sp³-hybridized carbons (Fsp3) is 0.182. The summed E-state index contributed by atoms with van der Waals surface area (Å²) in [5.74, 6) is 0.852. The fourth-order valence-corrected chi connectivity index (χ4v) is 1.40. The van der Waals surface area contributed by atoms with Crippen molar-refractivity contribution in [1.29, 1.82) is 0 Å². The monoisotopic (exact) mass is 173 g/mol. The number of hydrogen-bond donors (Lipinski definition) is 0. The lowest BCUT2D eigenvalue weighted by atomic mass is 10.1. The average Bonchev–Trinajstić information content (AvgIpc) is 2.18. The van der Waals surface area contributed by atoms with Crippen LogP contribution in [0, 0.1) is 6.92 Å². The van der Waals surface area contributed by atoms with Crippen LogP contribution >= 0.6 is 0 Å². The van der Waals surface area contributed by atoms with Gasteiger partial charge in [-0.2, -0.15) is 0 Å². The van der Waals surface area contributed by atoms with Crippen molar-refractivity contribution in [2.45, 2.75) is 6.92 Å². The number of ether oxygens (including phenoxy) is 1. The maximum absolute atomic E-state index is 5.12. The Morgan fingerprint density at radius 1 is 1.23 bits per heavy atom. The first-order chi connectivity index (χ1) is 6.31. The van der Waals surface area contributed by atoms with Crippen molar-refractivity contribution in [3.63, 3.8) is 0 Å². The zero-order valence-corrected chi connectivity index (χ0v) is 7.74. The second-order valence-electron chi connectivity index (χ2n) is 3.01. The zero-order valence-electron chi connectivity index (χ0n) is 7.74. The third kappa shape index (κ3) is 1.35. The summed E-state index contributed by atoms with van der Waals surface area (Å²) in [5, 5.41) is 1.18. The highest BCUT2D eigenvalue weighted by Gasteiger charge is 1.98. The molecule has 2 nitrogen and oxygen atoms in total. The van der Waals surface area contributed by atoms with E-state index in [1.54, 1.807) is 7.11 Å². The zero-order chi connectivity index (χ0) is 9.26. The molecule has 1 aromatic heterocycles. The van der Waals surface area contributed by atoms with Gasteiger partial charge in [-0.1, -0.05) is 0 Å². The molecule has 0 atom stereocenters. The van der Waals surface area contributed by atoms with E-state index in [1.807, 2.05) is 30.5 Å². The topological polar surface area (TPSA) is 22.1 Å². The third-order valence-corrected chi connectivity index (χ3v) is 2.17. The van der Waals surface area contributed by atoms with Crippen LogP contribution in [0.5, 0.6) is 5.75 Å². The molecule has 0 aliphatic rings. The van der Waals surface area contributed by atoms with Gasteiger partial charge in [0.2, 0.25) is 0 Å². The van der Waals surface area contributed by atoms with E-state index in [9.17, 15) is 0 Å². The lowest BCUT2D eigenvalue weighted by molar-refractivity contribution is 0.415. The van der Waals surface area contributed by atoms with Crippen molar-refractivity contribution in [2.24, 2.45) is 0 Å². The minimum Gasteiger partial charge on any atom is -0.497 e. The highest BCUT2D eigenvalue weighted by molar-refractivity contribution is 5.82.